The van der Waals surface area contributed by atoms with Gasteiger partial charge in [-0.25, -0.2) is 0 Å². The van der Waals surface area contributed by atoms with E-state index >= 15 is 0 Å². The van der Waals surface area contributed by atoms with Gasteiger partial charge in [0.15, 0.2) is 34.7 Å². The number of hydrogen-bond acceptors (Lipinski definition) is 10. The molecule has 1 aliphatic heterocycles. The molecule has 8 aromatic carbocycles. The number of carbonyl (C=O) groups excluding carboxylic acids is 6. The Morgan fingerprint density at radius 3 is 1.19 bits per heavy atom. The summed E-state index contributed by atoms with van der Waals surface area (Å²) in [4.78, 5) is 76.6. The number of fused-ring (bicyclic) bond motifs is 18. The topological polar surface area (TPSA) is 153 Å². The highest BCUT2D eigenvalue weighted by molar-refractivity contribution is 6.19. The van der Waals surface area contributed by atoms with Crippen LogP contribution < -0.4 is 10.6 Å². The first-order valence-corrected chi connectivity index (χ1v) is 39.4. The van der Waals surface area contributed by atoms with Gasteiger partial charge in [-0.15, -0.1) is 0 Å². The summed E-state index contributed by atoms with van der Waals surface area (Å²) in [7, 11) is 4.26. The first-order valence-electron chi connectivity index (χ1n) is 39.4. The van der Waals surface area contributed by atoms with Gasteiger partial charge in [-0.1, -0.05) is 59.9 Å². The molecule has 0 atom stereocenters. The fourth-order valence-corrected chi connectivity index (χ4v) is 17.2. The molecule has 0 amide bonds. The van der Waals surface area contributed by atoms with Gasteiger partial charge in [0.25, 0.3) is 0 Å². The van der Waals surface area contributed by atoms with Crippen molar-refractivity contribution in [3.8, 4) is 0 Å². The number of likely N-dealkylation sites (tertiary alicyclic amines) is 1. The van der Waals surface area contributed by atoms with Gasteiger partial charge in [-0.05, 0) is 306 Å². The van der Waals surface area contributed by atoms with Gasteiger partial charge < -0.3 is 38.7 Å². The molecule has 4 aromatic heterocycles. The van der Waals surface area contributed by atoms with Crippen LogP contribution in [-0.4, -0.2) is 128 Å². The van der Waals surface area contributed by atoms with Crippen molar-refractivity contribution < 1.29 is 28.8 Å². The van der Waals surface area contributed by atoms with Crippen molar-refractivity contribution in [1.82, 2.24) is 38.7 Å². The van der Waals surface area contributed by atoms with Crippen LogP contribution in [0.15, 0.2) is 141 Å². The molecule has 0 radical (unpaired) electrons. The minimum atomic E-state index is 0.0525. The third-order valence-electron chi connectivity index (χ3n) is 23.1. The Balaban J connectivity index is 0.000000127. The molecule has 0 saturated carbocycles. The van der Waals surface area contributed by atoms with Crippen LogP contribution in [0.5, 0.6) is 0 Å². The van der Waals surface area contributed by atoms with Crippen molar-refractivity contribution in [2.75, 3.05) is 53.4 Å². The molecule has 3 aliphatic carbocycles. The minimum Gasteiger partial charge on any atom is -0.340 e. The molecule has 560 valence electrons. The third-order valence-corrected chi connectivity index (χ3v) is 23.1. The molecule has 2 N–H and O–H groups in total. The molecular formula is C94H108N8O6. The second-order valence-electron chi connectivity index (χ2n) is 31.7. The lowest BCUT2D eigenvalue weighted by Crippen LogP contribution is -2.33. The molecule has 0 unspecified atom stereocenters. The average molecular weight is 1450 g/mol. The zero-order chi connectivity index (χ0) is 76.5. The summed E-state index contributed by atoms with van der Waals surface area (Å²) >= 11 is 0. The summed E-state index contributed by atoms with van der Waals surface area (Å²) in [6, 6.07) is 44.0. The Morgan fingerprint density at radius 2 is 0.750 bits per heavy atom. The summed E-state index contributed by atoms with van der Waals surface area (Å²) in [5.41, 5.74) is 23.4. The lowest BCUT2D eigenvalue weighted by Gasteiger charge is -2.30. The zero-order valence-electron chi connectivity index (χ0n) is 65.8. The van der Waals surface area contributed by atoms with Crippen molar-refractivity contribution in [3.05, 3.63) is 202 Å². The Kier molecular flexibility index (Phi) is 23.1. The fourth-order valence-electron chi connectivity index (χ4n) is 17.2. The van der Waals surface area contributed by atoms with Crippen molar-refractivity contribution in [2.24, 2.45) is 5.92 Å². The van der Waals surface area contributed by atoms with E-state index < -0.39 is 0 Å². The second kappa shape index (κ2) is 32.6. The standard InChI is InChI=1S/C25H30N2O2.C24H26N2O.C23H26N2O.C22H26N2O2/c1-17-9-13-26(14-10-17)11-4-12-27-24-7-5-20(18(2)28)15-22(24)23-16-21(19(3)29)6-8-25(23)27;1-15-5-6-18-16(15)7-10-20-23(18)24-19-9-12-22(27)17(19)8-11-21(24)26(20)14-4-13-25(2)3;1-14(2)24-11-12-25-21-9-6-17(16(4)26)13-20(21)23-19-7-5-15(3)18(19)8-10-22(23)25;1-14(2)23-10-5-11-24-21-8-6-17(15(3)25)12-19(21)20-13-18(16(4)26)7-9-22(20)24/h5-8,15-17H,4,9-14H2,1-3H3;7-8,10-11H,1,4-6,9,12-14H2,2-3H3;6,8-10,13-14,24H,3,5,7,11-12H2,1-2,4H3;6-9,12-14,23H,5,10-11H2,1-4H3. The summed E-state index contributed by atoms with van der Waals surface area (Å²) < 4.78 is 9.52. The molecule has 1 saturated heterocycles. The highest BCUT2D eigenvalue weighted by Crippen LogP contribution is 2.45. The smallest absolute Gasteiger partial charge is 0.163 e. The number of benzene rings is 8. The molecular weight excluding hydrogens is 1340 g/mol. The summed E-state index contributed by atoms with van der Waals surface area (Å²) in [5, 5.41) is 16.4. The molecule has 108 heavy (non-hydrogen) atoms. The van der Waals surface area contributed by atoms with Crippen LogP contribution in [0.25, 0.3) is 98.4 Å². The molecule has 1 fully saturated rings. The first kappa shape index (κ1) is 76.5. The molecule has 16 rings (SSSR count). The number of aryl methyl sites for hydroxylation is 6. The maximum absolute atomic E-state index is 12.4. The number of allylic oxidation sites excluding steroid dienone is 2. The van der Waals surface area contributed by atoms with E-state index in [4.69, 9.17) is 0 Å². The van der Waals surface area contributed by atoms with Crippen LogP contribution >= 0.6 is 0 Å². The third kappa shape index (κ3) is 15.7. The van der Waals surface area contributed by atoms with Gasteiger partial charge >= 0.3 is 0 Å². The number of aromatic nitrogens is 4. The van der Waals surface area contributed by atoms with Gasteiger partial charge in [0, 0.05) is 172 Å². The van der Waals surface area contributed by atoms with Crippen molar-refractivity contribution >= 4 is 133 Å². The van der Waals surface area contributed by atoms with Crippen LogP contribution in [0.4, 0.5) is 0 Å². The monoisotopic (exact) mass is 1440 g/mol. The Bertz CT molecular complexity index is 5360. The number of Topliss-reactive ketones (excluding diaryl/α,β-unsaturated/α-hetero) is 6. The molecule has 14 heteroatoms. The van der Waals surface area contributed by atoms with E-state index in [0.29, 0.717) is 46.5 Å². The lowest BCUT2D eigenvalue weighted by atomic mass is 9.97. The molecule has 0 bridgehead atoms. The maximum Gasteiger partial charge on any atom is 0.163 e. The highest BCUT2D eigenvalue weighted by Gasteiger charge is 2.29. The van der Waals surface area contributed by atoms with Gasteiger partial charge in [-0.3, -0.25) is 28.8 Å². The van der Waals surface area contributed by atoms with Gasteiger partial charge in [0.2, 0.25) is 0 Å². The number of piperidine rings is 1. The predicted octanol–water partition coefficient (Wildman–Crippen LogP) is 19.7. The van der Waals surface area contributed by atoms with Crippen LogP contribution in [0.1, 0.15) is 211 Å². The van der Waals surface area contributed by atoms with E-state index in [9.17, 15) is 28.8 Å². The van der Waals surface area contributed by atoms with Gasteiger partial charge in [0.05, 0.1) is 0 Å². The zero-order valence-corrected chi connectivity index (χ0v) is 65.8. The Labute approximate surface area is 636 Å². The molecule has 12 aromatic rings. The van der Waals surface area contributed by atoms with E-state index in [1.165, 1.54) is 109 Å². The van der Waals surface area contributed by atoms with E-state index in [0.717, 1.165) is 164 Å². The van der Waals surface area contributed by atoms with Crippen molar-refractivity contribution in [3.63, 3.8) is 0 Å². The Morgan fingerprint density at radius 1 is 0.407 bits per heavy atom. The lowest BCUT2D eigenvalue weighted by molar-refractivity contribution is 0.0989. The minimum absolute atomic E-state index is 0.0525. The summed E-state index contributed by atoms with van der Waals surface area (Å²) in [6.07, 6.45) is 11.6. The molecule has 0 spiro atoms. The van der Waals surface area contributed by atoms with E-state index in [1.54, 1.807) is 34.6 Å². The number of hydrogen-bond donors (Lipinski definition) is 2. The fraction of sp³-hybridized carbons (Fsp3) is 0.383. The Hall–Kier alpha value is -9.70. The van der Waals surface area contributed by atoms with Gasteiger partial charge in [-0.2, -0.15) is 0 Å². The normalized spacial score (nSPS) is 14.5. The maximum atomic E-state index is 12.4. The predicted molar refractivity (Wildman–Crippen MR) is 449 cm³/mol. The van der Waals surface area contributed by atoms with E-state index in [-0.39, 0.29) is 28.9 Å². The molecule has 4 aliphatic rings. The largest absolute Gasteiger partial charge is 0.340 e. The van der Waals surface area contributed by atoms with Crippen LogP contribution in [0, 0.1) is 5.92 Å². The van der Waals surface area contributed by atoms with Gasteiger partial charge in [0.1, 0.15) is 0 Å². The molecule has 5 heterocycles. The van der Waals surface area contributed by atoms with E-state index in [2.05, 4.69) is 161 Å². The van der Waals surface area contributed by atoms with Crippen LogP contribution in [0.3, 0.4) is 0 Å². The summed E-state index contributed by atoms with van der Waals surface area (Å²) in [5.74, 6) is 1.51. The second-order valence-corrected chi connectivity index (χ2v) is 31.7. The number of nitrogens with zero attached hydrogens (tertiary/aromatic N) is 6. The number of nitrogens with one attached hydrogen (secondary N) is 2. The first-order chi connectivity index (χ1) is 51.8. The number of ketones is 6. The average Bonchev–Trinajstić information content (AvgIpc) is 1.57. The number of carbonyl (C=O) groups is 6. The van der Waals surface area contributed by atoms with Crippen molar-refractivity contribution in [1.29, 1.82) is 0 Å². The highest BCUT2D eigenvalue weighted by atomic mass is 16.1. The molecule has 14 nitrogen and oxygen atoms in total. The summed E-state index contributed by atoms with van der Waals surface area (Å²) in [6.45, 7) is 37.7. The van der Waals surface area contributed by atoms with Crippen molar-refractivity contribution in [2.45, 2.75) is 178 Å². The van der Waals surface area contributed by atoms with E-state index in [1.807, 2.05) is 66.7 Å². The number of rotatable bonds is 22. The van der Waals surface area contributed by atoms with Crippen LogP contribution in [-0.2, 0) is 45.4 Å². The quantitative estimate of drug-likeness (QED) is 0.0495. The SMILES string of the molecule is C=C1CCc2c1ccc1c2c2c3c(ccc2n1CCCN(C)C)C(=O)CC3.C=C1CCc2c1ccc1c2c2cc(C(C)=O)ccc2n1CCNC(C)C.CC(=O)c1ccc2c(c1)c1cc(C(C)=O)ccc1n2CCCN1CCC(C)CC1.CC(=O)c1ccc2c(c1)c1cc(C(C)=O)ccc1n2CCCNC(C)C. The van der Waals surface area contributed by atoms with Crippen LogP contribution in [0.2, 0.25) is 0 Å².